The minimum atomic E-state index is 0.268. The van der Waals surface area contributed by atoms with Crippen molar-refractivity contribution in [3.05, 3.63) is 17.7 Å². The number of nitrogens with two attached hydrogens (primary N) is 1. The molecule has 0 bridgehead atoms. The molecule has 0 aromatic heterocycles. The van der Waals surface area contributed by atoms with Crippen molar-refractivity contribution in [1.82, 2.24) is 4.90 Å². The highest BCUT2D eigenvalue weighted by atomic mass is 16.7. The van der Waals surface area contributed by atoms with Crippen LogP contribution in [0.15, 0.2) is 12.1 Å². The van der Waals surface area contributed by atoms with Crippen LogP contribution < -0.4 is 19.9 Å². The van der Waals surface area contributed by atoms with E-state index in [0.29, 0.717) is 11.8 Å². The first-order valence-electron chi connectivity index (χ1n) is 7.22. The van der Waals surface area contributed by atoms with E-state index in [2.05, 4.69) is 4.90 Å². The average Bonchev–Trinajstić information content (AvgIpc) is 2.95. The molecule has 2 aliphatic rings. The highest BCUT2D eigenvalue weighted by molar-refractivity contribution is 5.55. The number of hydrogen-bond donors (Lipinski definition) is 1. The minimum absolute atomic E-state index is 0.268. The maximum atomic E-state index is 5.88. The zero-order valence-electron chi connectivity index (χ0n) is 11.9. The van der Waals surface area contributed by atoms with E-state index in [1.54, 1.807) is 7.11 Å². The predicted molar refractivity (Wildman–Crippen MR) is 76.2 cm³/mol. The molecule has 1 atom stereocenters. The molecular weight excluding hydrogens is 256 g/mol. The van der Waals surface area contributed by atoms with Gasteiger partial charge in [-0.05, 0) is 37.1 Å². The Morgan fingerprint density at radius 2 is 2.25 bits per heavy atom. The van der Waals surface area contributed by atoms with Gasteiger partial charge in [0.15, 0.2) is 11.5 Å². The Bertz CT molecular complexity index is 478. The number of benzene rings is 1. The molecule has 2 heterocycles. The molecule has 20 heavy (non-hydrogen) atoms. The molecule has 3 rings (SSSR count). The van der Waals surface area contributed by atoms with Crippen molar-refractivity contribution < 1.29 is 14.2 Å². The summed E-state index contributed by atoms with van der Waals surface area (Å²) in [6, 6.07) is 4.57. The molecule has 0 radical (unpaired) electrons. The van der Waals surface area contributed by atoms with Gasteiger partial charge < -0.3 is 19.9 Å². The van der Waals surface area contributed by atoms with Gasteiger partial charge in [0.05, 0.1) is 7.11 Å². The summed E-state index contributed by atoms with van der Waals surface area (Å²) in [7, 11) is 1.66. The van der Waals surface area contributed by atoms with Crippen LogP contribution in [-0.2, 0) is 6.54 Å². The number of rotatable bonds is 4. The molecule has 2 N–H and O–H groups in total. The zero-order valence-corrected chi connectivity index (χ0v) is 11.9. The van der Waals surface area contributed by atoms with Crippen LogP contribution in [0.4, 0.5) is 0 Å². The molecule has 5 nitrogen and oxygen atoms in total. The highest BCUT2D eigenvalue weighted by Gasteiger charge is 2.24. The van der Waals surface area contributed by atoms with Crippen LogP contribution in [0, 0.1) is 0 Å². The van der Waals surface area contributed by atoms with E-state index in [1.807, 2.05) is 12.1 Å². The second-order valence-corrected chi connectivity index (χ2v) is 5.39. The van der Waals surface area contributed by atoms with Gasteiger partial charge in [-0.2, -0.15) is 0 Å². The van der Waals surface area contributed by atoms with Crippen LogP contribution in [0.25, 0.3) is 0 Å². The van der Waals surface area contributed by atoms with E-state index in [9.17, 15) is 0 Å². The van der Waals surface area contributed by atoms with Crippen LogP contribution in [0.2, 0.25) is 0 Å². The molecule has 1 fully saturated rings. The quantitative estimate of drug-likeness (QED) is 0.909. The molecule has 1 saturated heterocycles. The van der Waals surface area contributed by atoms with Crippen LogP contribution >= 0.6 is 0 Å². The summed E-state index contributed by atoms with van der Waals surface area (Å²) >= 11 is 0. The Morgan fingerprint density at radius 3 is 3.05 bits per heavy atom. The fraction of sp³-hybridized carbons (Fsp3) is 0.600. The summed E-state index contributed by atoms with van der Waals surface area (Å²) in [4.78, 5) is 2.46. The molecule has 110 valence electrons. The Labute approximate surface area is 119 Å². The number of hydrogen-bond acceptors (Lipinski definition) is 5. The number of ether oxygens (including phenoxy) is 3. The third-order valence-corrected chi connectivity index (χ3v) is 4.12. The maximum absolute atomic E-state index is 5.88. The van der Waals surface area contributed by atoms with Crippen LogP contribution in [0.5, 0.6) is 17.2 Å². The standard InChI is InChI=1S/C15H22N2O3/c1-18-13-6-11(7-14-15(13)20-10-19-14)9-17-5-3-2-4-12(17)8-16/h6-7,12H,2-5,8-10,16H2,1H3. The lowest BCUT2D eigenvalue weighted by molar-refractivity contribution is 0.144. The summed E-state index contributed by atoms with van der Waals surface area (Å²) in [5.74, 6) is 2.24. The summed E-state index contributed by atoms with van der Waals surface area (Å²) < 4.78 is 16.3. The topological polar surface area (TPSA) is 57.0 Å². The highest BCUT2D eigenvalue weighted by Crippen LogP contribution is 2.42. The lowest BCUT2D eigenvalue weighted by atomic mass is 10.0. The van der Waals surface area contributed by atoms with Gasteiger partial charge in [0.1, 0.15) is 0 Å². The second kappa shape index (κ2) is 5.89. The van der Waals surface area contributed by atoms with Crippen LogP contribution in [0.1, 0.15) is 24.8 Å². The molecule has 0 saturated carbocycles. The molecule has 2 aliphatic heterocycles. The Hall–Kier alpha value is -1.46. The van der Waals surface area contributed by atoms with E-state index < -0.39 is 0 Å². The first-order valence-corrected chi connectivity index (χ1v) is 7.22. The zero-order chi connectivity index (χ0) is 13.9. The third-order valence-electron chi connectivity index (χ3n) is 4.12. The van der Waals surface area contributed by atoms with Crippen LogP contribution in [-0.4, -0.2) is 37.9 Å². The van der Waals surface area contributed by atoms with Gasteiger partial charge in [-0.15, -0.1) is 0 Å². The first kappa shape index (κ1) is 13.5. The predicted octanol–water partition coefficient (Wildman–Crippen LogP) is 1.74. The first-order chi connectivity index (χ1) is 9.81. The van der Waals surface area contributed by atoms with Crippen molar-refractivity contribution in [2.24, 2.45) is 5.73 Å². The monoisotopic (exact) mass is 278 g/mol. The van der Waals surface area contributed by atoms with Gasteiger partial charge in [-0.1, -0.05) is 6.42 Å². The van der Waals surface area contributed by atoms with Crippen molar-refractivity contribution in [2.75, 3.05) is 27.0 Å². The fourth-order valence-electron chi connectivity index (χ4n) is 3.04. The van der Waals surface area contributed by atoms with E-state index in [-0.39, 0.29) is 6.79 Å². The normalized spacial score (nSPS) is 22.0. The smallest absolute Gasteiger partial charge is 0.231 e. The van der Waals surface area contributed by atoms with Crippen molar-refractivity contribution in [2.45, 2.75) is 31.8 Å². The van der Waals surface area contributed by atoms with Gasteiger partial charge in [0, 0.05) is 19.1 Å². The van der Waals surface area contributed by atoms with Gasteiger partial charge >= 0.3 is 0 Å². The Morgan fingerprint density at radius 1 is 1.35 bits per heavy atom. The van der Waals surface area contributed by atoms with Gasteiger partial charge in [-0.25, -0.2) is 0 Å². The molecule has 1 aromatic carbocycles. The SMILES string of the molecule is COc1cc(CN2CCCCC2CN)cc2c1OCO2. The van der Waals surface area contributed by atoms with Gasteiger partial charge in [0.2, 0.25) is 12.5 Å². The van der Waals surface area contributed by atoms with E-state index in [4.69, 9.17) is 19.9 Å². The van der Waals surface area contributed by atoms with Crippen molar-refractivity contribution in [3.63, 3.8) is 0 Å². The molecular formula is C15H22N2O3. The van der Waals surface area contributed by atoms with Gasteiger partial charge in [0.25, 0.3) is 0 Å². The molecule has 0 amide bonds. The molecule has 1 aromatic rings. The second-order valence-electron chi connectivity index (χ2n) is 5.39. The molecule has 1 unspecified atom stereocenters. The average molecular weight is 278 g/mol. The Kier molecular flexibility index (Phi) is 3.98. The summed E-state index contributed by atoms with van der Waals surface area (Å²) in [6.45, 7) is 2.99. The number of fused-ring (bicyclic) bond motifs is 1. The fourth-order valence-corrected chi connectivity index (χ4v) is 3.04. The number of methoxy groups -OCH3 is 1. The van der Waals surface area contributed by atoms with E-state index >= 15 is 0 Å². The van der Waals surface area contributed by atoms with Crippen molar-refractivity contribution in [3.8, 4) is 17.2 Å². The lowest BCUT2D eigenvalue weighted by Gasteiger charge is -2.35. The lowest BCUT2D eigenvalue weighted by Crippen LogP contribution is -2.43. The summed E-state index contributed by atoms with van der Waals surface area (Å²) in [5, 5.41) is 0. The van der Waals surface area contributed by atoms with Crippen LogP contribution in [0.3, 0.4) is 0 Å². The summed E-state index contributed by atoms with van der Waals surface area (Å²) in [6.07, 6.45) is 3.72. The molecule has 0 spiro atoms. The van der Waals surface area contributed by atoms with E-state index in [1.165, 1.54) is 24.8 Å². The molecule has 0 aliphatic carbocycles. The summed E-state index contributed by atoms with van der Waals surface area (Å²) in [5.41, 5.74) is 7.07. The minimum Gasteiger partial charge on any atom is -0.493 e. The number of nitrogens with zero attached hydrogens (tertiary/aromatic N) is 1. The largest absolute Gasteiger partial charge is 0.493 e. The Balaban J connectivity index is 1.80. The number of piperidine rings is 1. The molecule has 5 heteroatoms. The van der Waals surface area contributed by atoms with E-state index in [0.717, 1.165) is 31.1 Å². The maximum Gasteiger partial charge on any atom is 0.231 e. The number of likely N-dealkylation sites (tertiary alicyclic amines) is 1. The van der Waals surface area contributed by atoms with Crippen molar-refractivity contribution >= 4 is 0 Å². The van der Waals surface area contributed by atoms with Crippen molar-refractivity contribution in [1.29, 1.82) is 0 Å². The van der Waals surface area contributed by atoms with Gasteiger partial charge in [-0.3, -0.25) is 4.90 Å². The third kappa shape index (κ3) is 2.55.